The number of rotatable bonds is 4. The van der Waals surface area contributed by atoms with Gasteiger partial charge in [0.05, 0.1) is 20.9 Å². The van der Waals surface area contributed by atoms with Crippen LogP contribution in [0.5, 0.6) is 0 Å². The van der Waals surface area contributed by atoms with Gasteiger partial charge in [0.25, 0.3) is 5.91 Å². The average molecular weight is 494 g/mol. The number of nitrogens with zero attached hydrogens (tertiary/aromatic N) is 3. The minimum Gasteiger partial charge on any atom is -0.339 e. The quantitative estimate of drug-likeness (QED) is 0.645. The molecule has 0 aromatic heterocycles. The fourth-order valence-electron chi connectivity index (χ4n) is 7.03. The summed E-state index contributed by atoms with van der Waals surface area (Å²) in [4.78, 5) is 30.5. The van der Waals surface area contributed by atoms with Gasteiger partial charge in [0, 0.05) is 40.3 Å². The Bertz CT molecular complexity index is 1040. The molecule has 4 saturated carbocycles. The lowest BCUT2D eigenvalue weighted by Crippen LogP contribution is -2.58. The van der Waals surface area contributed by atoms with Gasteiger partial charge >= 0.3 is 0 Å². The summed E-state index contributed by atoms with van der Waals surface area (Å²) in [6.07, 6.45) is 7.04. The van der Waals surface area contributed by atoms with Gasteiger partial charge in [0.15, 0.2) is 0 Å². The average Bonchev–Trinajstić information content (AvgIpc) is 2.77. The van der Waals surface area contributed by atoms with Gasteiger partial charge in [0.1, 0.15) is 0 Å². The number of sulfonamides is 1. The molecule has 9 heteroatoms. The van der Waals surface area contributed by atoms with Crippen LogP contribution in [-0.2, 0) is 14.8 Å². The second-order valence-electron chi connectivity index (χ2n) is 10.7. The van der Waals surface area contributed by atoms with Crippen LogP contribution in [0.25, 0.3) is 0 Å². The number of hydrogen-bond acceptors (Lipinski definition) is 4. The summed E-state index contributed by atoms with van der Waals surface area (Å²) in [7, 11) is -0.772. The molecular weight excluding hydrogens is 462 g/mol. The zero-order valence-electron chi connectivity index (χ0n) is 19.3. The first-order valence-electron chi connectivity index (χ1n) is 11.9. The van der Waals surface area contributed by atoms with Crippen LogP contribution in [0.1, 0.15) is 48.9 Å². The summed E-state index contributed by atoms with van der Waals surface area (Å²) in [6.45, 7) is 1.88. The van der Waals surface area contributed by atoms with E-state index in [2.05, 4.69) is 0 Å². The molecule has 2 amide bonds. The van der Waals surface area contributed by atoms with Crippen LogP contribution in [0, 0.1) is 23.2 Å². The third kappa shape index (κ3) is 3.98. The van der Waals surface area contributed by atoms with Gasteiger partial charge < -0.3 is 9.80 Å². The van der Waals surface area contributed by atoms with E-state index in [-0.39, 0.29) is 26.8 Å². The number of benzene rings is 1. The van der Waals surface area contributed by atoms with Gasteiger partial charge in [-0.1, -0.05) is 11.6 Å². The maximum atomic E-state index is 13.6. The van der Waals surface area contributed by atoms with Crippen LogP contribution in [0.2, 0.25) is 5.02 Å². The summed E-state index contributed by atoms with van der Waals surface area (Å²) >= 11 is 6.28. The molecule has 0 N–H and O–H groups in total. The van der Waals surface area contributed by atoms with Crippen molar-refractivity contribution in [2.24, 2.45) is 23.2 Å². The second-order valence-corrected chi connectivity index (χ2v) is 13.3. The molecule has 1 aromatic rings. The SMILES string of the molecule is CN(C)S(=O)(=O)c1ccc(Cl)c(C(=O)N2CCN(C(=O)C34CC5CC(CC(C5)C3)C4)CC2)c1. The molecule has 0 unspecified atom stereocenters. The molecule has 33 heavy (non-hydrogen) atoms. The molecule has 0 radical (unpaired) electrons. The van der Waals surface area contributed by atoms with Gasteiger partial charge in [-0.3, -0.25) is 9.59 Å². The van der Waals surface area contributed by atoms with Crippen LogP contribution in [0.4, 0.5) is 0 Å². The molecule has 4 bridgehead atoms. The Balaban J connectivity index is 1.27. The van der Waals surface area contributed by atoms with E-state index in [1.807, 2.05) is 4.90 Å². The summed E-state index contributed by atoms with van der Waals surface area (Å²) in [6, 6.07) is 4.22. The Morgan fingerprint density at radius 2 is 1.45 bits per heavy atom. The highest BCUT2D eigenvalue weighted by atomic mass is 35.5. The molecule has 5 aliphatic rings. The molecule has 1 aromatic carbocycles. The molecule has 0 atom stereocenters. The Labute approximate surface area is 201 Å². The van der Waals surface area contributed by atoms with Crippen LogP contribution in [0.3, 0.4) is 0 Å². The Hall–Kier alpha value is -1.64. The van der Waals surface area contributed by atoms with Crippen molar-refractivity contribution in [3.05, 3.63) is 28.8 Å². The number of piperazine rings is 1. The van der Waals surface area contributed by atoms with E-state index in [9.17, 15) is 18.0 Å². The number of carbonyl (C=O) groups is 2. The zero-order chi connectivity index (χ0) is 23.5. The first-order chi connectivity index (χ1) is 15.6. The number of halogens is 1. The first-order valence-corrected chi connectivity index (χ1v) is 13.7. The fourth-order valence-corrected chi connectivity index (χ4v) is 8.16. The van der Waals surface area contributed by atoms with Crippen LogP contribution >= 0.6 is 11.6 Å². The van der Waals surface area contributed by atoms with E-state index in [0.717, 1.165) is 41.3 Å². The molecule has 1 aliphatic heterocycles. The van der Waals surface area contributed by atoms with Gasteiger partial charge in [-0.05, 0) is 74.5 Å². The predicted octanol–water partition coefficient (Wildman–Crippen LogP) is 3.09. The van der Waals surface area contributed by atoms with Gasteiger partial charge in [-0.2, -0.15) is 0 Å². The van der Waals surface area contributed by atoms with Gasteiger partial charge in [-0.25, -0.2) is 12.7 Å². The Morgan fingerprint density at radius 1 is 0.939 bits per heavy atom. The van der Waals surface area contributed by atoms with Crippen molar-refractivity contribution < 1.29 is 18.0 Å². The summed E-state index contributed by atoms with van der Waals surface area (Å²) < 4.78 is 26.1. The molecule has 5 fully saturated rings. The summed E-state index contributed by atoms with van der Waals surface area (Å²) in [5, 5.41) is 0.227. The smallest absolute Gasteiger partial charge is 0.255 e. The highest BCUT2D eigenvalue weighted by Crippen LogP contribution is 2.60. The fraction of sp³-hybridized carbons (Fsp3) is 0.667. The number of amides is 2. The largest absolute Gasteiger partial charge is 0.339 e. The number of carbonyl (C=O) groups excluding carboxylic acids is 2. The molecule has 1 heterocycles. The van der Waals surface area contributed by atoms with Crippen molar-refractivity contribution in [2.75, 3.05) is 40.3 Å². The minimum absolute atomic E-state index is 0.0379. The van der Waals surface area contributed by atoms with E-state index in [1.54, 1.807) is 4.90 Å². The summed E-state index contributed by atoms with van der Waals surface area (Å²) in [5.41, 5.74) is 0.0134. The van der Waals surface area contributed by atoms with Crippen molar-refractivity contribution in [1.29, 1.82) is 0 Å². The van der Waals surface area contributed by atoms with Crippen molar-refractivity contribution >= 4 is 33.4 Å². The monoisotopic (exact) mass is 493 g/mol. The highest BCUT2D eigenvalue weighted by Gasteiger charge is 2.55. The van der Waals surface area contributed by atoms with Crippen molar-refractivity contribution in [3.63, 3.8) is 0 Å². The Morgan fingerprint density at radius 3 is 1.97 bits per heavy atom. The molecule has 180 valence electrons. The first kappa shape index (κ1) is 23.1. The molecule has 1 saturated heterocycles. The summed E-state index contributed by atoms with van der Waals surface area (Å²) in [5.74, 6) is 2.16. The molecular formula is C24H32ClN3O4S. The maximum Gasteiger partial charge on any atom is 0.255 e. The van der Waals surface area contributed by atoms with E-state index >= 15 is 0 Å². The second kappa shape index (κ2) is 8.24. The molecule has 7 nitrogen and oxygen atoms in total. The predicted molar refractivity (Wildman–Crippen MR) is 125 cm³/mol. The lowest BCUT2D eigenvalue weighted by molar-refractivity contribution is -0.159. The maximum absolute atomic E-state index is 13.6. The third-order valence-corrected chi connectivity index (χ3v) is 10.4. The zero-order valence-corrected chi connectivity index (χ0v) is 20.9. The van der Waals surface area contributed by atoms with Crippen molar-refractivity contribution in [2.45, 2.75) is 43.4 Å². The lowest BCUT2D eigenvalue weighted by atomic mass is 9.49. The van der Waals surface area contributed by atoms with Crippen LogP contribution < -0.4 is 0 Å². The Kier molecular flexibility index (Phi) is 5.77. The minimum atomic E-state index is -3.67. The van der Waals surface area contributed by atoms with Crippen LogP contribution in [0.15, 0.2) is 23.1 Å². The standard InChI is InChI=1S/C24H32ClN3O4S/c1-26(2)33(31,32)19-3-4-21(25)20(12-19)22(29)27-5-7-28(8-6-27)23(30)24-13-16-9-17(14-24)11-18(10-16)15-24/h3-4,12,16-18H,5-11,13-15H2,1-2H3. The third-order valence-electron chi connectivity index (χ3n) is 8.29. The van der Waals surface area contributed by atoms with E-state index in [1.165, 1.54) is 51.6 Å². The van der Waals surface area contributed by atoms with Crippen LogP contribution in [-0.4, -0.2) is 74.6 Å². The van der Waals surface area contributed by atoms with Gasteiger partial charge in [0.2, 0.25) is 15.9 Å². The lowest BCUT2D eigenvalue weighted by Gasteiger charge is -2.57. The molecule has 4 aliphatic carbocycles. The van der Waals surface area contributed by atoms with E-state index < -0.39 is 10.0 Å². The van der Waals surface area contributed by atoms with Gasteiger partial charge in [-0.15, -0.1) is 0 Å². The molecule has 6 rings (SSSR count). The van der Waals surface area contributed by atoms with Crippen molar-refractivity contribution in [3.8, 4) is 0 Å². The topological polar surface area (TPSA) is 78.0 Å². The van der Waals surface area contributed by atoms with E-state index in [0.29, 0.717) is 32.1 Å². The highest BCUT2D eigenvalue weighted by molar-refractivity contribution is 7.89. The number of hydrogen-bond donors (Lipinski definition) is 0. The van der Waals surface area contributed by atoms with E-state index in [4.69, 9.17) is 11.6 Å². The normalized spacial score (nSPS) is 31.3. The molecule has 0 spiro atoms. The van der Waals surface area contributed by atoms with Crippen molar-refractivity contribution in [1.82, 2.24) is 14.1 Å².